The summed E-state index contributed by atoms with van der Waals surface area (Å²) in [5.41, 5.74) is 0. The molecule has 0 aromatic carbocycles. The topological polar surface area (TPSA) is 49.8 Å². The van der Waals surface area contributed by atoms with Crippen molar-refractivity contribution in [1.82, 2.24) is 4.90 Å². The Hall–Kier alpha value is -0.610. The molecule has 1 N–H and O–H groups in total. The second kappa shape index (κ2) is 5.98. The van der Waals surface area contributed by atoms with E-state index in [2.05, 4.69) is 11.8 Å². The number of unbranched alkanes of at least 4 members (excludes halogenated alkanes) is 1. The largest absolute Gasteiger partial charge is 0.481 e. The van der Waals surface area contributed by atoms with E-state index in [4.69, 9.17) is 9.84 Å². The van der Waals surface area contributed by atoms with Gasteiger partial charge in [0.05, 0.1) is 12.5 Å². The van der Waals surface area contributed by atoms with Crippen molar-refractivity contribution in [3.63, 3.8) is 0 Å². The molecule has 4 nitrogen and oxygen atoms in total. The molecule has 1 heterocycles. The van der Waals surface area contributed by atoms with Gasteiger partial charge in [-0.2, -0.15) is 0 Å². The summed E-state index contributed by atoms with van der Waals surface area (Å²) in [5.74, 6) is -0.821. The fourth-order valence-electron chi connectivity index (χ4n) is 1.45. The zero-order valence-corrected chi connectivity index (χ0v) is 8.74. The number of hydrogen-bond acceptors (Lipinski definition) is 3. The van der Waals surface area contributed by atoms with Crippen LogP contribution >= 0.6 is 0 Å². The van der Waals surface area contributed by atoms with Crippen LogP contribution in [0, 0.1) is 5.92 Å². The molecule has 1 aliphatic rings. The first kappa shape index (κ1) is 11.5. The van der Waals surface area contributed by atoms with Crippen LogP contribution in [0.25, 0.3) is 0 Å². The van der Waals surface area contributed by atoms with Gasteiger partial charge in [-0.25, -0.2) is 0 Å². The summed E-state index contributed by atoms with van der Waals surface area (Å²) in [5, 5.41) is 8.63. The highest BCUT2D eigenvalue weighted by Crippen LogP contribution is 2.14. The maximum atomic E-state index is 10.5. The highest BCUT2D eigenvalue weighted by atomic mass is 16.5. The number of likely N-dealkylation sites (tertiary alicyclic amines) is 1. The summed E-state index contributed by atoms with van der Waals surface area (Å²) in [6, 6.07) is 0. The molecule has 0 radical (unpaired) electrons. The van der Waals surface area contributed by atoms with Gasteiger partial charge in [0.15, 0.2) is 0 Å². The van der Waals surface area contributed by atoms with Gasteiger partial charge < -0.3 is 9.84 Å². The number of nitrogens with zero attached hydrogens (tertiary/aromatic N) is 1. The Balaban J connectivity index is 1.88. The van der Waals surface area contributed by atoms with E-state index < -0.39 is 5.97 Å². The molecular weight excluding hydrogens is 182 g/mol. The van der Waals surface area contributed by atoms with E-state index >= 15 is 0 Å². The second-order valence-corrected chi connectivity index (χ2v) is 3.76. The van der Waals surface area contributed by atoms with Crippen LogP contribution in [-0.4, -0.2) is 48.8 Å². The normalized spacial score (nSPS) is 18.1. The average molecular weight is 201 g/mol. The van der Waals surface area contributed by atoms with Crippen molar-refractivity contribution < 1.29 is 14.6 Å². The number of carboxylic acid groups (broad SMARTS) is 1. The Morgan fingerprint density at radius 2 is 2.21 bits per heavy atom. The Bertz CT molecular complexity index is 178. The van der Waals surface area contributed by atoms with Crippen LogP contribution in [0.5, 0.6) is 0 Å². The standard InChI is InChI=1S/C10H19NO3/c1-2-3-5-14-6-4-11-7-9(8-11)10(12)13/h9H,2-8H2,1H3,(H,12,13). The zero-order valence-electron chi connectivity index (χ0n) is 8.74. The second-order valence-electron chi connectivity index (χ2n) is 3.76. The molecule has 4 heteroatoms. The molecule has 0 aromatic heterocycles. The Labute approximate surface area is 84.8 Å². The first-order valence-electron chi connectivity index (χ1n) is 5.27. The molecule has 1 fully saturated rings. The molecule has 1 rings (SSSR count). The summed E-state index contributed by atoms with van der Waals surface area (Å²) >= 11 is 0. The number of aliphatic carboxylic acids is 1. The molecule has 0 spiro atoms. The van der Waals surface area contributed by atoms with Crippen molar-refractivity contribution in [2.45, 2.75) is 19.8 Å². The predicted octanol–water partition coefficient (Wildman–Crippen LogP) is 0.820. The van der Waals surface area contributed by atoms with Crippen LogP contribution in [0.3, 0.4) is 0 Å². The number of carbonyl (C=O) groups is 1. The molecule has 14 heavy (non-hydrogen) atoms. The van der Waals surface area contributed by atoms with E-state index in [-0.39, 0.29) is 5.92 Å². The first-order chi connectivity index (χ1) is 6.74. The number of rotatable bonds is 7. The SMILES string of the molecule is CCCCOCCN1CC(C(=O)O)C1. The van der Waals surface area contributed by atoms with Crippen molar-refractivity contribution in [3.8, 4) is 0 Å². The highest BCUT2D eigenvalue weighted by molar-refractivity contribution is 5.71. The first-order valence-corrected chi connectivity index (χ1v) is 5.27. The van der Waals surface area contributed by atoms with Crippen molar-refractivity contribution in [3.05, 3.63) is 0 Å². The molecule has 0 aromatic rings. The third-order valence-corrected chi connectivity index (χ3v) is 2.50. The fourth-order valence-corrected chi connectivity index (χ4v) is 1.45. The molecule has 82 valence electrons. The lowest BCUT2D eigenvalue weighted by Gasteiger charge is -2.36. The lowest BCUT2D eigenvalue weighted by molar-refractivity contribution is -0.147. The monoisotopic (exact) mass is 201 g/mol. The van der Waals surface area contributed by atoms with Gasteiger partial charge in [-0.05, 0) is 6.42 Å². The summed E-state index contributed by atoms with van der Waals surface area (Å²) < 4.78 is 5.39. The predicted molar refractivity (Wildman–Crippen MR) is 53.3 cm³/mol. The fraction of sp³-hybridized carbons (Fsp3) is 0.900. The minimum absolute atomic E-state index is 0.148. The lowest BCUT2D eigenvalue weighted by Crippen LogP contribution is -2.51. The zero-order chi connectivity index (χ0) is 10.4. The van der Waals surface area contributed by atoms with E-state index in [1.54, 1.807) is 0 Å². The molecule has 0 amide bonds. The van der Waals surface area contributed by atoms with Gasteiger partial charge in [0.1, 0.15) is 0 Å². The molecule has 1 saturated heterocycles. The molecule has 0 unspecified atom stereocenters. The van der Waals surface area contributed by atoms with Crippen LogP contribution in [0.2, 0.25) is 0 Å². The average Bonchev–Trinajstić information content (AvgIpc) is 2.06. The van der Waals surface area contributed by atoms with Gasteiger partial charge in [-0.15, -0.1) is 0 Å². The van der Waals surface area contributed by atoms with Crippen LogP contribution in [-0.2, 0) is 9.53 Å². The molecule has 0 bridgehead atoms. The van der Waals surface area contributed by atoms with Crippen molar-refractivity contribution in [2.24, 2.45) is 5.92 Å². The molecule has 0 saturated carbocycles. The van der Waals surface area contributed by atoms with Crippen LogP contribution in [0.4, 0.5) is 0 Å². The third-order valence-electron chi connectivity index (χ3n) is 2.50. The highest BCUT2D eigenvalue weighted by Gasteiger charge is 2.31. The molecule has 0 atom stereocenters. The molecule has 1 aliphatic heterocycles. The van der Waals surface area contributed by atoms with Gasteiger partial charge in [-0.1, -0.05) is 13.3 Å². The van der Waals surface area contributed by atoms with E-state index in [0.717, 1.165) is 32.6 Å². The van der Waals surface area contributed by atoms with Crippen molar-refractivity contribution in [2.75, 3.05) is 32.8 Å². The Morgan fingerprint density at radius 3 is 2.79 bits per heavy atom. The summed E-state index contributed by atoms with van der Waals surface area (Å²) in [7, 11) is 0. The number of ether oxygens (including phenoxy) is 1. The van der Waals surface area contributed by atoms with E-state index in [1.807, 2.05) is 0 Å². The van der Waals surface area contributed by atoms with Gasteiger partial charge in [0, 0.05) is 26.2 Å². The number of carboxylic acids is 1. The summed E-state index contributed by atoms with van der Waals surface area (Å²) in [6.07, 6.45) is 2.27. The van der Waals surface area contributed by atoms with E-state index in [1.165, 1.54) is 0 Å². The summed E-state index contributed by atoms with van der Waals surface area (Å²) in [4.78, 5) is 12.6. The van der Waals surface area contributed by atoms with Crippen molar-refractivity contribution >= 4 is 5.97 Å². The maximum Gasteiger partial charge on any atom is 0.309 e. The van der Waals surface area contributed by atoms with Gasteiger partial charge in [0.2, 0.25) is 0 Å². The van der Waals surface area contributed by atoms with E-state index in [9.17, 15) is 4.79 Å². The molecular formula is C10H19NO3. The minimum Gasteiger partial charge on any atom is -0.481 e. The maximum absolute atomic E-state index is 10.5. The molecule has 0 aliphatic carbocycles. The van der Waals surface area contributed by atoms with Crippen molar-refractivity contribution in [1.29, 1.82) is 0 Å². The van der Waals surface area contributed by atoms with E-state index in [0.29, 0.717) is 13.1 Å². The number of hydrogen-bond donors (Lipinski definition) is 1. The summed E-state index contributed by atoms with van der Waals surface area (Å²) in [6.45, 7) is 5.93. The third kappa shape index (κ3) is 3.64. The van der Waals surface area contributed by atoms with Gasteiger partial charge in [-0.3, -0.25) is 9.69 Å². The Kier molecular flexibility index (Phi) is 4.90. The van der Waals surface area contributed by atoms with Crippen LogP contribution in [0.1, 0.15) is 19.8 Å². The Morgan fingerprint density at radius 1 is 1.50 bits per heavy atom. The lowest BCUT2D eigenvalue weighted by atomic mass is 10.0. The van der Waals surface area contributed by atoms with Crippen LogP contribution < -0.4 is 0 Å². The van der Waals surface area contributed by atoms with Gasteiger partial charge >= 0.3 is 5.97 Å². The quantitative estimate of drug-likeness (QED) is 0.619. The smallest absolute Gasteiger partial charge is 0.309 e. The van der Waals surface area contributed by atoms with Gasteiger partial charge in [0.25, 0.3) is 0 Å². The minimum atomic E-state index is -0.673. The van der Waals surface area contributed by atoms with Crippen LogP contribution in [0.15, 0.2) is 0 Å².